The summed E-state index contributed by atoms with van der Waals surface area (Å²) in [5.41, 5.74) is 8.32. The molecule has 0 amide bonds. The van der Waals surface area contributed by atoms with Crippen LogP contribution in [0.25, 0.3) is 0 Å². The minimum Gasteiger partial charge on any atom is -0.481 e. The van der Waals surface area contributed by atoms with Crippen LogP contribution in [0.4, 0.5) is 0 Å². The number of nitrogens with zero attached hydrogens (tertiary/aromatic N) is 1. The monoisotopic (exact) mass is 310 g/mol. The highest BCUT2D eigenvalue weighted by atomic mass is 35.5. The van der Waals surface area contributed by atoms with Gasteiger partial charge in [-0.3, -0.25) is 0 Å². The molecule has 1 heterocycles. The van der Waals surface area contributed by atoms with Crippen LogP contribution in [0.15, 0.2) is 36.5 Å². The van der Waals surface area contributed by atoms with Crippen LogP contribution in [-0.4, -0.2) is 18.1 Å². The van der Waals surface area contributed by atoms with E-state index in [0.29, 0.717) is 15.9 Å². The van der Waals surface area contributed by atoms with Crippen molar-refractivity contribution >= 4 is 23.2 Å². The van der Waals surface area contributed by atoms with Gasteiger partial charge in [0.05, 0.1) is 17.2 Å². The molecule has 1 atom stereocenters. The summed E-state index contributed by atoms with van der Waals surface area (Å²) < 4.78 is 5.02. The number of pyridine rings is 1. The fourth-order valence-corrected chi connectivity index (χ4v) is 2.32. The Morgan fingerprint density at radius 1 is 1.10 bits per heavy atom. The molecule has 0 fully saturated rings. The minimum atomic E-state index is 0.00226. The molecule has 2 rings (SSSR count). The Kier molecular flexibility index (Phi) is 5.24. The van der Waals surface area contributed by atoms with Gasteiger partial charge in [-0.2, -0.15) is 0 Å². The number of ether oxygens (including phenoxy) is 1. The normalized spacial score (nSPS) is 12.2. The number of benzene rings is 1. The summed E-state index contributed by atoms with van der Waals surface area (Å²) in [6.45, 7) is 0. The highest BCUT2D eigenvalue weighted by Crippen LogP contribution is 2.23. The van der Waals surface area contributed by atoms with Gasteiger partial charge in [0.25, 0.3) is 0 Å². The van der Waals surface area contributed by atoms with E-state index in [9.17, 15) is 0 Å². The van der Waals surface area contributed by atoms with E-state index in [4.69, 9.17) is 33.7 Å². The lowest BCUT2D eigenvalue weighted by molar-refractivity contribution is 0.397. The largest absolute Gasteiger partial charge is 0.481 e. The lowest BCUT2D eigenvalue weighted by atomic mass is 10.0. The molecule has 1 aromatic heterocycles. The van der Waals surface area contributed by atoms with E-state index in [-0.39, 0.29) is 6.04 Å². The first-order valence-electron chi connectivity index (χ1n) is 6.27. The molecule has 1 unspecified atom stereocenters. The van der Waals surface area contributed by atoms with Crippen molar-refractivity contribution in [1.29, 1.82) is 0 Å². The average Bonchev–Trinajstić information content (AvgIpc) is 2.44. The van der Waals surface area contributed by atoms with Gasteiger partial charge in [0.1, 0.15) is 0 Å². The fraction of sp³-hybridized carbons (Fsp3) is 0.267. The summed E-state index contributed by atoms with van der Waals surface area (Å²) in [6, 6.07) is 9.40. The molecule has 20 heavy (non-hydrogen) atoms. The number of nitrogens with two attached hydrogens (primary N) is 1. The van der Waals surface area contributed by atoms with Crippen LogP contribution in [0, 0.1) is 0 Å². The number of hydrogen-bond acceptors (Lipinski definition) is 3. The van der Waals surface area contributed by atoms with Crippen molar-refractivity contribution < 1.29 is 4.74 Å². The Bertz CT molecular complexity index is 573. The molecule has 0 aliphatic heterocycles. The molecule has 1 aromatic carbocycles. The molecular formula is C15H16Cl2N2O. The summed E-state index contributed by atoms with van der Waals surface area (Å²) in [5.74, 6) is 0.604. The van der Waals surface area contributed by atoms with Gasteiger partial charge in [-0.05, 0) is 36.1 Å². The van der Waals surface area contributed by atoms with E-state index >= 15 is 0 Å². The SMILES string of the molecule is COc1ccc(CC(N)Cc2ccc(Cl)c(Cl)c2)cn1. The molecular weight excluding hydrogens is 295 g/mol. The van der Waals surface area contributed by atoms with Crippen molar-refractivity contribution in [1.82, 2.24) is 4.98 Å². The second kappa shape index (κ2) is 6.93. The maximum Gasteiger partial charge on any atom is 0.212 e. The molecule has 0 saturated carbocycles. The van der Waals surface area contributed by atoms with Crippen molar-refractivity contribution in [2.24, 2.45) is 5.73 Å². The molecule has 0 spiro atoms. The lowest BCUT2D eigenvalue weighted by Gasteiger charge is -2.12. The Labute approximate surface area is 128 Å². The Balaban J connectivity index is 1.97. The summed E-state index contributed by atoms with van der Waals surface area (Å²) in [7, 11) is 1.60. The average molecular weight is 311 g/mol. The lowest BCUT2D eigenvalue weighted by Crippen LogP contribution is -2.25. The molecule has 0 aliphatic carbocycles. The minimum absolute atomic E-state index is 0.00226. The second-order valence-corrected chi connectivity index (χ2v) is 5.44. The summed E-state index contributed by atoms with van der Waals surface area (Å²) in [4.78, 5) is 4.17. The zero-order valence-electron chi connectivity index (χ0n) is 11.1. The van der Waals surface area contributed by atoms with E-state index in [1.807, 2.05) is 24.3 Å². The zero-order valence-corrected chi connectivity index (χ0v) is 12.7. The molecule has 106 valence electrons. The summed E-state index contributed by atoms with van der Waals surface area (Å²) in [5, 5.41) is 1.12. The number of halogens is 2. The van der Waals surface area contributed by atoms with Crippen LogP contribution in [-0.2, 0) is 12.8 Å². The standard InChI is InChI=1S/C15H16Cl2N2O/c1-20-15-5-3-11(9-19-15)7-12(18)6-10-2-4-13(16)14(17)8-10/h2-5,8-9,12H,6-7,18H2,1H3. The molecule has 2 N–H and O–H groups in total. The maximum absolute atomic E-state index is 6.16. The van der Waals surface area contributed by atoms with Crippen molar-refractivity contribution in [2.45, 2.75) is 18.9 Å². The Morgan fingerprint density at radius 2 is 1.80 bits per heavy atom. The van der Waals surface area contributed by atoms with Crippen LogP contribution < -0.4 is 10.5 Å². The summed E-state index contributed by atoms with van der Waals surface area (Å²) >= 11 is 11.9. The number of hydrogen-bond donors (Lipinski definition) is 1. The molecule has 0 radical (unpaired) electrons. The third-order valence-corrected chi connectivity index (χ3v) is 3.73. The number of aromatic nitrogens is 1. The van der Waals surface area contributed by atoms with Gasteiger partial charge in [0.15, 0.2) is 0 Å². The molecule has 3 nitrogen and oxygen atoms in total. The summed E-state index contributed by atoms with van der Waals surface area (Å²) in [6.07, 6.45) is 3.27. The van der Waals surface area contributed by atoms with Gasteiger partial charge in [0, 0.05) is 18.3 Å². The third kappa shape index (κ3) is 4.10. The van der Waals surface area contributed by atoms with Gasteiger partial charge >= 0.3 is 0 Å². The highest BCUT2D eigenvalue weighted by molar-refractivity contribution is 6.42. The van der Waals surface area contributed by atoms with E-state index in [0.717, 1.165) is 24.0 Å². The van der Waals surface area contributed by atoms with Crippen LogP contribution >= 0.6 is 23.2 Å². The highest BCUT2D eigenvalue weighted by Gasteiger charge is 2.08. The van der Waals surface area contributed by atoms with Gasteiger partial charge in [-0.15, -0.1) is 0 Å². The van der Waals surface area contributed by atoms with Crippen molar-refractivity contribution in [3.8, 4) is 5.88 Å². The van der Waals surface area contributed by atoms with Gasteiger partial charge in [0.2, 0.25) is 5.88 Å². The first-order valence-corrected chi connectivity index (χ1v) is 7.02. The van der Waals surface area contributed by atoms with Crippen molar-refractivity contribution in [3.05, 3.63) is 57.7 Å². The first kappa shape index (κ1) is 15.1. The zero-order chi connectivity index (χ0) is 14.5. The Morgan fingerprint density at radius 3 is 2.40 bits per heavy atom. The van der Waals surface area contributed by atoms with Gasteiger partial charge in [-0.25, -0.2) is 4.98 Å². The van der Waals surface area contributed by atoms with E-state index < -0.39 is 0 Å². The van der Waals surface area contributed by atoms with Crippen LogP contribution in [0.3, 0.4) is 0 Å². The third-order valence-electron chi connectivity index (χ3n) is 2.99. The molecule has 2 aromatic rings. The second-order valence-electron chi connectivity index (χ2n) is 4.63. The van der Waals surface area contributed by atoms with E-state index in [1.54, 1.807) is 19.4 Å². The molecule has 0 bridgehead atoms. The predicted octanol–water partition coefficient (Wildman–Crippen LogP) is 3.51. The Hall–Kier alpha value is -1.29. The predicted molar refractivity (Wildman–Crippen MR) is 82.6 cm³/mol. The first-order chi connectivity index (χ1) is 9.58. The topological polar surface area (TPSA) is 48.1 Å². The van der Waals surface area contributed by atoms with Crippen LogP contribution in [0.5, 0.6) is 5.88 Å². The quantitative estimate of drug-likeness (QED) is 0.919. The number of rotatable bonds is 5. The molecule has 0 aliphatic rings. The van der Waals surface area contributed by atoms with Crippen molar-refractivity contribution in [2.75, 3.05) is 7.11 Å². The van der Waals surface area contributed by atoms with E-state index in [1.165, 1.54) is 0 Å². The van der Waals surface area contributed by atoms with Crippen LogP contribution in [0.1, 0.15) is 11.1 Å². The van der Waals surface area contributed by atoms with Gasteiger partial charge in [-0.1, -0.05) is 35.3 Å². The smallest absolute Gasteiger partial charge is 0.212 e. The molecule has 0 saturated heterocycles. The van der Waals surface area contributed by atoms with Crippen LogP contribution in [0.2, 0.25) is 10.0 Å². The van der Waals surface area contributed by atoms with Crippen molar-refractivity contribution in [3.63, 3.8) is 0 Å². The maximum atomic E-state index is 6.16. The van der Waals surface area contributed by atoms with E-state index in [2.05, 4.69) is 4.98 Å². The number of methoxy groups -OCH3 is 1. The fourth-order valence-electron chi connectivity index (χ4n) is 2.00. The van der Waals surface area contributed by atoms with Gasteiger partial charge < -0.3 is 10.5 Å². The molecule has 5 heteroatoms.